The largest absolute Gasteiger partial charge is 0.392 e. The highest BCUT2D eigenvalue weighted by Crippen LogP contribution is 2.39. The van der Waals surface area contributed by atoms with Gasteiger partial charge in [0.2, 0.25) is 5.16 Å². The summed E-state index contributed by atoms with van der Waals surface area (Å²) >= 11 is 18.5. The number of alkyl halides is 3. The number of ether oxygens (including phenoxy) is 2. The number of rotatable bonds is 8. The molecule has 1 fully saturated rings. The summed E-state index contributed by atoms with van der Waals surface area (Å²) in [6.45, 7) is -0.0336. The number of para-hydroxylation sites is 1. The first kappa shape index (κ1) is 28.8. The van der Waals surface area contributed by atoms with Crippen LogP contribution in [0, 0.1) is 0 Å². The number of aliphatic hydroxyl groups is 1. The molecule has 1 amide bonds. The van der Waals surface area contributed by atoms with E-state index in [4.69, 9.17) is 44.3 Å². The molecule has 0 aliphatic carbocycles. The first-order chi connectivity index (χ1) is 19.3. The van der Waals surface area contributed by atoms with Gasteiger partial charge < -0.3 is 19.9 Å². The Hall–Kier alpha value is -2.70. The molecule has 2 N–H and O–H groups in total. The molecule has 2 heterocycles. The average Bonchev–Trinajstić information content (AvgIpc) is 3.45. The highest BCUT2D eigenvalue weighted by atomic mass is 35.6. The van der Waals surface area contributed by atoms with Crippen LogP contribution in [0.25, 0.3) is 5.69 Å². The minimum atomic E-state index is -2.07. The van der Waals surface area contributed by atoms with Crippen molar-refractivity contribution in [1.82, 2.24) is 20.2 Å². The average molecular weight is 621 g/mol. The fourth-order valence-corrected chi connectivity index (χ4v) is 5.17. The third kappa shape index (κ3) is 7.13. The Bertz CT molecular complexity index is 1420. The monoisotopic (exact) mass is 619 g/mol. The van der Waals surface area contributed by atoms with Crippen molar-refractivity contribution >= 4 is 58.2 Å². The lowest BCUT2D eigenvalue weighted by Crippen LogP contribution is -2.31. The summed E-state index contributed by atoms with van der Waals surface area (Å²) in [5.41, 5.74) is 3.88. The fraction of sp³-hybridized carbons (Fsp3) is 0.259. The zero-order valence-electron chi connectivity index (χ0n) is 20.9. The van der Waals surface area contributed by atoms with Crippen molar-refractivity contribution in [2.24, 2.45) is 0 Å². The number of hydrogen-bond donors (Lipinski definition) is 2. The summed E-state index contributed by atoms with van der Waals surface area (Å²) in [6, 6.07) is 24.3. The van der Waals surface area contributed by atoms with Gasteiger partial charge in [0, 0.05) is 23.4 Å². The topological polar surface area (TPSA) is 111 Å². The van der Waals surface area contributed by atoms with Crippen molar-refractivity contribution in [3.05, 3.63) is 95.6 Å². The molecule has 0 saturated carbocycles. The quantitative estimate of drug-likeness (QED) is 0.188. The second-order valence-electron chi connectivity index (χ2n) is 8.94. The van der Waals surface area contributed by atoms with E-state index in [1.807, 2.05) is 54.6 Å². The van der Waals surface area contributed by atoms with Gasteiger partial charge in [0.1, 0.15) is 0 Å². The van der Waals surface area contributed by atoms with Crippen molar-refractivity contribution in [3.8, 4) is 5.69 Å². The highest BCUT2D eigenvalue weighted by Gasteiger charge is 2.33. The highest BCUT2D eigenvalue weighted by molar-refractivity contribution is 7.99. The number of halogens is 3. The molecule has 1 aromatic heterocycles. The van der Waals surface area contributed by atoms with Gasteiger partial charge in [-0.2, -0.15) is 4.68 Å². The maximum absolute atomic E-state index is 12.0. The second kappa shape index (κ2) is 12.9. The van der Waals surface area contributed by atoms with Crippen LogP contribution < -0.4 is 5.32 Å². The van der Waals surface area contributed by atoms with Crippen LogP contribution in [0.5, 0.6) is 0 Å². The van der Waals surface area contributed by atoms with Crippen LogP contribution in [0.1, 0.15) is 35.5 Å². The molecular formula is C27H24Cl3N5O4S. The standard InChI is InChI=1S/C27H24Cl3N5O4S/c28-27(29,30)25(37)31-20-12-10-19(11-13-20)24-38-22(14-23(39-24)18-8-6-17(15-36)7-9-18)16-40-26-32-33-34-35(26)21-4-2-1-3-5-21/h1-13,22-24,36H,14-16H2,(H,31,37)/t22-,23+,24+/m1/s1. The predicted molar refractivity (Wildman–Crippen MR) is 154 cm³/mol. The number of nitrogens with zero attached hydrogens (tertiary/aromatic N) is 4. The van der Waals surface area contributed by atoms with E-state index in [1.165, 1.54) is 11.8 Å². The molecule has 0 bridgehead atoms. The SMILES string of the molecule is O=C(Nc1ccc([C@H]2O[C@@H](CSc3nnnn3-c3ccccc3)C[C@@H](c3ccc(CO)cc3)O2)cc1)C(Cl)(Cl)Cl. The van der Waals surface area contributed by atoms with Gasteiger partial charge in [-0.25, -0.2) is 0 Å². The zero-order valence-corrected chi connectivity index (χ0v) is 23.9. The Morgan fingerprint density at radius 2 is 1.70 bits per heavy atom. The number of carbonyl (C=O) groups is 1. The van der Waals surface area contributed by atoms with Gasteiger partial charge in [-0.15, -0.1) is 5.10 Å². The number of carbonyl (C=O) groups excluding carboxylic acids is 1. The predicted octanol–water partition coefficient (Wildman–Crippen LogP) is 5.80. The second-order valence-corrected chi connectivity index (χ2v) is 12.2. The van der Waals surface area contributed by atoms with Crippen LogP contribution in [-0.4, -0.2) is 46.9 Å². The summed E-state index contributed by atoms with van der Waals surface area (Å²) in [4.78, 5) is 12.0. The number of aliphatic hydroxyl groups excluding tert-OH is 1. The lowest BCUT2D eigenvalue weighted by atomic mass is 10.0. The van der Waals surface area contributed by atoms with E-state index in [1.54, 1.807) is 28.9 Å². The molecule has 40 heavy (non-hydrogen) atoms. The molecular weight excluding hydrogens is 597 g/mol. The van der Waals surface area contributed by atoms with E-state index in [9.17, 15) is 9.90 Å². The van der Waals surface area contributed by atoms with Crippen molar-refractivity contribution in [3.63, 3.8) is 0 Å². The Kier molecular flexibility index (Phi) is 9.27. The molecule has 0 unspecified atom stereocenters. The normalized spacial score (nSPS) is 19.4. The molecule has 9 nitrogen and oxygen atoms in total. The van der Waals surface area contributed by atoms with Gasteiger partial charge in [-0.05, 0) is 45.8 Å². The van der Waals surface area contributed by atoms with E-state index < -0.39 is 16.0 Å². The van der Waals surface area contributed by atoms with Gasteiger partial charge in [-0.1, -0.05) is 101 Å². The lowest BCUT2D eigenvalue weighted by molar-refractivity contribution is -0.245. The number of hydrogen-bond acceptors (Lipinski definition) is 8. The smallest absolute Gasteiger partial charge is 0.276 e. The molecule has 13 heteroatoms. The van der Waals surface area contributed by atoms with Crippen LogP contribution in [0.15, 0.2) is 84.0 Å². The van der Waals surface area contributed by atoms with Crippen LogP contribution in [0.4, 0.5) is 5.69 Å². The minimum Gasteiger partial charge on any atom is -0.392 e. The molecule has 1 aliphatic heterocycles. The number of thioether (sulfide) groups is 1. The Balaban J connectivity index is 1.33. The molecule has 1 saturated heterocycles. The number of aromatic nitrogens is 4. The summed E-state index contributed by atoms with van der Waals surface area (Å²) in [5.74, 6) is -0.174. The fourth-order valence-electron chi connectivity index (χ4n) is 4.12. The molecule has 4 aromatic rings. The minimum absolute atomic E-state index is 0.0336. The Morgan fingerprint density at radius 3 is 2.38 bits per heavy atom. The summed E-state index contributed by atoms with van der Waals surface area (Å²) in [7, 11) is 0. The van der Waals surface area contributed by atoms with Crippen LogP contribution in [-0.2, 0) is 20.9 Å². The maximum Gasteiger partial charge on any atom is 0.276 e. The molecule has 0 spiro atoms. The first-order valence-electron chi connectivity index (χ1n) is 12.3. The van der Waals surface area contributed by atoms with Crippen molar-refractivity contribution in [1.29, 1.82) is 0 Å². The van der Waals surface area contributed by atoms with Gasteiger partial charge in [-0.3, -0.25) is 4.79 Å². The van der Waals surface area contributed by atoms with Crippen molar-refractivity contribution in [2.75, 3.05) is 11.1 Å². The molecule has 0 radical (unpaired) electrons. The molecule has 208 valence electrons. The van der Waals surface area contributed by atoms with Gasteiger partial charge in [0.15, 0.2) is 6.29 Å². The first-order valence-corrected chi connectivity index (χ1v) is 14.4. The van der Waals surface area contributed by atoms with E-state index in [0.717, 1.165) is 22.4 Å². The maximum atomic E-state index is 12.0. The van der Waals surface area contributed by atoms with E-state index in [0.29, 0.717) is 23.0 Å². The van der Waals surface area contributed by atoms with E-state index in [2.05, 4.69) is 20.8 Å². The van der Waals surface area contributed by atoms with E-state index in [-0.39, 0.29) is 18.8 Å². The lowest BCUT2D eigenvalue weighted by Gasteiger charge is -2.36. The van der Waals surface area contributed by atoms with Gasteiger partial charge >= 0.3 is 0 Å². The van der Waals surface area contributed by atoms with Crippen molar-refractivity contribution < 1.29 is 19.4 Å². The Labute approximate surface area is 249 Å². The Morgan fingerprint density at radius 1 is 1.00 bits per heavy atom. The van der Waals surface area contributed by atoms with Crippen LogP contribution in [0.2, 0.25) is 0 Å². The number of anilines is 1. The van der Waals surface area contributed by atoms with Gasteiger partial charge in [0.25, 0.3) is 9.70 Å². The summed E-state index contributed by atoms with van der Waals surface area (Å²) in [6.07, 6.45) is -0.529. The summed E-state index contributed by atoms with van der Waals surface area (Å²) < 4.78 is 12.4. The molecule has 1 aliphatic rings. The van der Waals surface area contributed by atoms with Gasteiger partial charge in [0.05, 0.1) is 24.5 Å². The number of tetrazole rings is 1. The number of nitrogens with one attached hydrogen (secondary N) is 1. The number of amides is 1. The zero-order chi connectivity index (χ0) is 28.1. The number of benzene rings is 3. The van der Waals surface area contributed by atoms with E-state index >= 15 is 0 Å². The van der Waals surface area contributed by atoms with Crippen molar-refractivity contribution in [2.45, 2.75) is 40.5 Å². The summed E-state index contributed by atoms with van der Waals surface area (Å²) in [5, 5.41) is 24.8. The van der Waals surface area contributed by atoms with Crippen LogP contribution >= 0.6 is 46.6 Å². The third-order valence-corrected chi connectivity index (χ3v) is 7.72. The molecule has 5 rings (SSSR count). The molecule has 3 atom stereocenters. The van der Waals surface area contributed by atoms with Crippen LogP contribution in [0.3, 0.4) is 0 Å². The third-order valence-electron chi connectivity index (χ3n) is 6.15. The molecule has 3 aromatic carbocycles.